The van der Waals surface area contributed by atoms with E-state index < -0.39 is 0 Å². The highest BCUT2D eigenvalue weighted by Crippen LogP contribution is 2.35. The standard InChI is InChI=1S/C24H19Br3Cl2N2O4/c1-3-34-21-8-15(11-30-31-24(32)14-6-18(26)23(33-2)19(27)7-14)17(25)10-22(21)35-12-13-4-5-16(28)9-20(13)29/h4-11H,3,12H2,1-2H3,(H,31,32)/b30-11-. The normalized spacial score (nSPS) is 10.9. The van der Waals surface area contributed by atoms with Crippen LogP contribution in [0.3, 0.4) is 0 Å². The molecule has 184 valence electrons. The first-order valence-corrected chi connectivity index (χ1v) is 13.3. The van der Waals surface area contributed by atoms with Crippen molar-refractivity contribution in [3.8, 4) is 17.2 Å². The van der Waals surface area contributed by atoms with Gasteiger partial charge in [-0.1, -0.05) is 29.3 Å². The Morgan fingerprint density at radius 3 is 2.31 bits per heavy atom. The molecule has 3 aromatic carbocycles. The minimum Gasteiger partial charge on any atom is -0.494 e. The molecule has 0 saturated heterocycles. The Morgan fingerprint density at radius 2 is 1.69 bits per heavy atom. The van der Waals surface area contributed by atoms with Crippen molar-refractivity contribution in [2.75, 3.05) is 13.7 Å². The van der Waals surface area contributed by atoms with Crippen molar-refractivity contribution in [1.29, 1.82) is 0 Å². The van der Waals surface area contributed by atoms with Gasteiger partial charge in [-0.2, -0.15) is 5.10 Å². The predicted octanol–water partition coefficient (Wildman–Crippen LogP) is 8.03. The predicted molar refractivity (Wildman–Crippen MR) is 150 cm³/mol. The minimum absolute atomic E-state index is 0.235. The summed E-state index contributed by atoms with van der Waals surface area (Å²) in [6, 6.07) is 12.1. The number of carbonyl (C=O) groups is 1. The zero-order chi connectivity index (χ0) is 25.5. The van der Waals surface area contributed by atoms with Crippen molar-refractivity contribution in [2.45, 2.75) is 13.5 Å². The average Bonchev–Trinajstić information content (AvgIpc) is 2.80. The third kappa shape index (κ3) is 7.36. The van der Waals surface area contributed by atoms with Gasteiger partial charge in [-0.05, 0) is 91.1 Å². The number of ether oxygens (including phenoxy) is 3. The van der Waals surface area contributed by atoms with Crippen LogP contribution in [0.1, 0.15) is 28.4 Å². The molecular weight excluding hydrogens is 691 g/mol. The summed E-state index contributed by atoms with van der Waals surface area (Å²) in [7, 11) is 1.55. The number of carbonyl (C=O) groups excluding carboxylic acids is 1. The van der Waals surface area contributed by atoms with Gasteiger partial charge in [-0.25, -0.2) is 5.43 Å². The highest BCUT2D eigenvalue weighted by molar-refractivity contribution is 9.11. The Hall–Kier alpha value is -1.78. The molecule has 0 atom stereocenters. The summed E-state index contributed by atoms with van der Waals surface area (Å²) in [6.07, 6.45) is 1.51. The third-order valence-corrected chi connectivity index (χ3v) is 7.05. The summed E-state index contributed by atoms with van der Waals surface area (Å²) in [5, 5.41) is 5.16. The van der Waals surface area contributed by atoms with Crippen LogP contribution in [0.4, 0.5) is 0 Å². The van der Waals surface area contributed by atoms with Crippen molar-refractivity contribution in [2.24, 2.45) is 5.10 Å². The number of hydrogen-bond acceptors (Lipinski definition) is 5. The van der Waals surface area contributed by atoms with Crippen LogP contribution < -0.4 is 19.6 Å². The van der Waals surface area contributed by atoms with E-state index in [2.05, 4.69) is 58.3 Å². The molecule has 35 heavy (non-hydrogen) atoms. The van der Waals surface area contributed by atoms with Crippen LogP contribution in [0.2, 0.25) is 10.0 Å². The van der Waals surface area contributed by atoms with Crippen LogP contribution >= 0.6 is 71.0 Å². The van der Waals surface area contributed by atoms with Crippen LogP contribution in [-0.2, 0) is 6.61 Å². The number of benzene rings is 3. The van der Waals surface area contributed by atoms with Crippen LogP contribution in [0.5, 0.6) is 17.2 Å². The molecule has 0 fully saturated rings. The lowest BCUT2D eigenvalue weighted by Gasteiger charge is -2.14. The number of hydrogen-bond donors (Lipinski definition) is 1. The van der Waals surface area contributed by atoms with Gasteiger partial charge in [0.1, 0.15) is 12.4 Å². The molecule has 0 aliphatic rings. The van der Waals surface area contributed by atoms with E-state index in [0.717, 1.165) is 5.56 Å². The van der Waals surface area contributed by atoms with Gasteiger partial charge in [0.25, 0.3) is 5.91 Å². The van der Waals surface area contributed by atoms with Gasteiger partial charge in [0.05, 0.1) is 28.9 Å². The second-order valence-corrected chi connectivity index (χ2v) is 10.4. The highest BCUT2D eigenvalue weighted by atomic mass is 79.9. The Bertz CT molecular complexity index is 1250. The monoisotopic (exact) mass is 706 g/mol. The smallest absolute Gasteiger partial charge is 0.271 e. The number of nitrogens with one attached hydrogen (secondary N) is 1. The summed E-state index contributed by atoms with van der Waals surface area (Å²) in [5.74, 6) is 1.26. The number of nitrogens with zero attached hydrogens (tertiary/aromatic N) is 1. The minimum atomic E-state index is -0.383. The Morgan fingerprint density at radius 1 is 1.00 bits per heavy atom. The second-order valence-electron chi connectivity index (χ2n) is 6.95. The molecule has 0 unspecified atom stereocenters. The molecule has 11 heteroatoms. The number of methoxy groups -OCH3 is 1. The topological polar surface area (TPSA) is 69.2 Å². The van der Waals surface area contributed by atoms with E-state index in [1.54, 1.807) is 43.5 Å². The number of amides is 1. The molecule has 0 bridgehead atoms. The summed E-state index contributed by atoms with van der Waals surface area (Å²) in [4.78, 5) is 12.5. The van der Waals surface area contributed by atoms with Crippen LogP contribution in [0.25, 0.3) is 0 Å². The maximum atomic E-state index is 12.5. The molecule has 3 aromatic rings. The largest absolute Gasteiger partial charge is 0.494 e. The molecule has 0 spiro atoms. The van der Waals surface area contributed by atoms with Crippen LogP contribution in [-0.4, -0.2) is 25.8 Å². The zero-order valence-corrected chi connectivity index (χ0v) is 24.8. The van der Waals surface area contributed by atoms with Crippen molar-refractivity contribution >= 4 is 83.1 Å². The van der Waals surface area contributed by atoms with Gasteiger partial charge in [0, 0.05) is 31.2 Å². The first kappa shape index (κ1) is 27.8. The Labute approximate surface area is 238 Å². The zero-order valence-electron chi connectivity index (χ0n) is 18.5. The molecular formula is C24H19Br3Cl2N2O4. The molecule has 0 heterocycles. The molecule has 0 radical (unpaired) electrons. The first-order chi connectivity index (χ1) is 16.7. The summed E-state index contributed by atoms with van der Waals surface area (Å²) in [5.41, 5.74) is 4.40. The molecule has 0 aromatic heterocycles. The summed E-state index contributed by atoms with van der Waals surface area (Å²) in [6.45, 7) is 2.55. The quantitative estimate of drug-likeness (QED) is 0.181. The SMILES string of the molecule is CCOc1cc(/C=N\NC(=O)c2cc(Br)c(OC)c(Br)c2)c(Br)cc1OCc1ccc(Cl)cc1Cl. The Balaban J connectivity index is 1.75. The second kappa shape index (κ2) is 13.0. The lowest BCUT2D eigenvalue weighted by molar-refractivity contribution is 0.0955. The maximum absolute atomic E-state index is 12.5. The fraction of sp³-hybridized carbons (Fsp3) is 0.167. The summed E-state index contributed by atoms with van der Waals surface area (Å²) < 4.78 is 18.9. The Kier molecular flexibility index (Phi) is 10.3. The van der Waals surface area contributed by atoms with E-state index in [0.29, 0.717) is 58.4 Å². The van der Waals surface area contributed by atoms with E-state index >= 15 is 0 Å². The van der Waals surface area contributed by atoms with Gasteiger partial charge in [0.15, 0.2) is 11.5 Å². The van der Waals surface area contributed by atoms with E-state index in [1.807, 2.05) is 13.0 Å². The number of hydrazone groups is 1. The molecule has 3 rings (SSSR count). The summed E-state index contributed by atoms with van der Waals surface area (Å²) >= 11 is 22.5. The van der Waals surface area contributed by atoms with Gasteiger partial charge < -0.3 is 14.2 Å². The fourth-order valence-electron chi connectivity index (χ4n) is 2.94. The van der Waals surface area contributed by atoms with E-state index in [1.165, 1.54) is 6.21 Å². The van der Waals surface area contributed by atoms with Gasteiger partial charge >= 0.3 is 0 Å². The molecule has 6 nitrogen and oxygen atoms in total. The van der Waals surface area contributed by atoms with Gasteiger partial charge in [-0.3, -0.25) is 4.79 Å². The molecule has 0 aliphatic carbocycles. The molecule has 0 saturated carbocycles. The van der Waals surface area contributed by atoms with E-state index in [9.17, 15) is 4.79 Å². The molecule has 1 N–H and O–H groups in total. The molecule has 1 amide bonds. The average molecular weight is 710 g/mol. The van der Waals surface area contributed by atoms with Crippen LogP contribution in [0.15, 0.2) is 61.0 Å². The van der Waals surface area contributed by atoms with Crippen molar-refractivity contribution in [1.82, 2.24) is 5.43 Å². The van der Waals surface area contributed by atoms with E-state index in [4.69, 9.17) is 37.4 Å². The van der Waals surface area contributed by atoms with Gasteiger partial charge in [0.2, 0.25) is 0 Å². The van der Waals surface area contributed by atoms with Crippen molar-refractivity contribution in [3.05, 3.63) is 82.6 Å². The number of halogens is 5. The fourth-order valence-corrected chi connectivity index (χ4v) is 5.33. The first-order valence-electron chi connectivity index (χ1n) is 10.1. The number of rotatable bonds is 9. The maximum Gasteiger partial charge on any atom is 0.271 e. The van der Waals surface area contributed by atoms with E-state index in [-0.39, 0.29) is 12.5 Å². The molecule has 0 aliphatic heterocycles. The van der Waals surface area contributed by atoms with Crippen LogP contribution in [0, 0.1) is 0 Å². The lowest BCUT2D eigenvalue weighted by Crippen LogP contribution is -2.17. The lowest BCUT2D eigenvalue weighted by atomic mass is 10.2. The van der Waals surface area contributed by atoms with Gasteiger partial charge in [-0.15, -0.1) is 0 Å². The van der Waals surface area contributed by atoms with Crippen molar-refractivity contribution < 1.29 is 19.0 Å². The highest BCUT2D eigenvalue weighted by Gasteiger charge is 2.14. The third-order valence-electron chi connectivity index (χ3n) is 4.60. The van der Waals surface area contributed by atoms with Crippen molar-refractivity contribution in [3.63, 3.8) is 0 Å².